The largest absolute Gasteiger partial charge is 0.587 e. The van der Waals surface area contributed by atoms with Crippen molar-refractivity contribution in [3.05, 3.63) is 107 Å². The standard InChI is InChI=1S/C20H18N3O4P/c21-23-22-20(17-10-4-1-5-11-17)16-25-28(24,26-18-12-6-2-7-13-18)27-19-14-8-3-9-15-19/h1-15,20H,16H2. The molecule has 0 aliphatic carbocycles. The van der Waals surface area contributed by atoms with Gasteiger partial charge in [-0.3, -0.25) is 4.52 Å². The summed E-state index contributed by atoms with van der Waals surface area (Å²) in [6.07, 6.45) is 0. The van der Waals surface area contributed by atoms with Crippen LogP contribution in [0.5, 0.6) is 11.5 Å². The number of phosphoric acid groups is 1. The Bertz CT molecular complexity index is 919. The van der Waals surface area contributed by atoms with E-state index in [0.29, 0.717) is 11.5 Å². The van der Waals surface area contributed by atoms with Gasteiger partial charge in [0.15, 0.2) is 0 Å². The Hall–Kier alpha value is -3.24. The first-order chi connectivity index (χ1) is 13.7. The molecule has 0 saturated carbocycles. The third kappa shape index (κ3) is 5.63. The van der Waals surface area contributed by atoms with Crippen molar-refractivity contribution in [3.63, 3.8) is 0 Å². The first-order valence-corrected chi connectivity index (χ1v) is 9.97. The molecule has 3 aromatic carbocycles. The van der Waals surface area contributed by atoms with Crippen molar-refractivity contribution in [1.82, 2.24) is 0 Å². The van der Waals surface area contributed by atoms with Crippen molar-refractivity contribution >= 4 is 7.82 Å². The van der Waals surface area contributed by atoms with Crippen molar-refractivity contribution in [2.24, 2.45) is 5.11 Å². The van der Waals surface area contributed by atoms with Gasteiger partial charge in [0.1, 0.15) is 11.5 Å². The zero-order valence-electron chi connectivity index (χ0n) is 14.9. The molecule has 0 N–H and O–H groups in total. The molecule has 3 rings (SSSR count). The van der Waals surface area contributed by atoms with Crippen molar-refractivity contribution in [3.8, 4) is 11.5 Å². The van der Waals surface area contributed by atoms with Gasteiger partial charge < -0.3 is 9.05 Å². The Morgan fingerprint density at radius 2 is 1.29 bits per heavy atom. The predicted octanol–water partition coefficient (Wildman–Crippen LogP) is 6.32. The quantitative estimate of drug-likeness (QED) is 0.183. The van der Waals surface area contributed by atoms with Crippen LogP contribution >= 0.6 is 7.82 Å². The van der Waals surface area contributed by atoms with Gasteiger partial charge in [0.2, 0.25) is 0 Å². The molecule has 0 fully saturated rings. The minimum Gasteiger partial charge on any atom is -0.395 e. The van der Waals surface area contributed by atoms with Gasteiger partial charge >= 0.3 is 7.82 Å². The van der Waals surface area contributed by atoms with Crippen LogP contribution in [0.25, 0.3) is 10.4 Å². The second-order valence-electron chi connectivity index (χ2n) is 5.68. The lowest BCUT2D eigenvalue weighted by Crippen LogP contribution is -2.10. The third-order valence-electron chi connectivity index (χ3n) is 3.69. The van der Waals surface area contributed by atoms with Crippen LogP contribution in [0.4, 0.5) is 0 Å². The highest BCUT2D eigenvalue weighted by atomic mass is 31.2. The van der Waals surface area contributed by atoms with Crippen LogP contribution in [-0.4, -0.2) is 6.61 Å². The number of phosphoric ester groups is 1. The number of hydrogen-bond donors (Lipinski definition) is 0. The van der Waals surface area contributed by atoms with Gasteiger partial charge in [-0.2, -0.15) is 0 Å². The van der Waals surface area contributed by atoms with Crippen LogP contribution < -0.4 is 9.05 Å². The maximum Gasteiger partial charge on any atom is 0.587 e. The molecule has 28 heavy (non-hydrogen) atoms. The van der Waals surface area contributed by atoms with E-state index in [2.05, 4.69) is 10.0 Å². The summed E-state index contributed by atoms with van der Waals surface area (Å²) >= 11 is 0. The average Bonchev–Trinajstić information content (AvgIpc) is 2.73. The van der Waals surface area contributed by atoms with Crippen LogP contribution in [0.3, 0.4) is 0 Å². The van der Waals surface area contributed by atoms with E-state index in [1.807, 2.05) is 30.3 Å². The monoisotopic (exact) mass is 395 g/mol. The SMILES string of the molecule is [N-]=[N+]=NC(COP(=O)(Oc1ccccc1)Oc1ccccc1)c1ccccc1. The molecular formula is C20H18N3O4P. The Morgan fingerprint density at radius 3 is 1.75 bits per heavy atom. The number of para-hydroxylation sites is 2. The molecule has 1 atom stereocenters. The second kappa shape index (κ2) is 9.62. The lowest BCUT2D eigenvalue weighted by atomic mass is 10.1. The van der Waals surface area contributed by atoms with Gasteiger partial charge in [0.25, 0.3) is 0 Å². The lowest BCUT2D eigenvalue weighted by molar-refractivity contribution is 0.198. The number of azide groups is 1. The smallest absolute Gasteiger partial charge is 0.395 e. The molecule has 0 saturated heterocycles. The van der Waals surface area contributed by atoms with Gasteiger partial charge in [-0.05, 0) is 35.4 Å². The fourth-order valence-electron chi connectivity index (χ4n) is 2.39. The normalized spacial score (nSPS) is 11.9. The third-order valence-corrected chi connectivity index (χ3v) is 5.02. The second-order valence-corrected chi connectivity index (χ2v) is 7.20. The van der Waals surface area contributed by atoms with Crippen LogP contribution in [-0.2, 0) is 9.09 Å². The summed E-state index contributed by atoms with van der Waals surface area (Å²) < 4.78 is 29.9. The minimum absolute atomic E-state index is 0.176. The molecule has 0 spiro atoms. The summed E-state index contributed by atoms with van der Waals surface area (Å²) in [4.78, 5) is 2.85. The van der Waals surface area contributed by atoms with Gasteiger partial charge in [0.05, 0.1) is 12.6 Å². The molecule has 0 heterocycles. The number of nitrogens with zero attached hydrogens (tertiary/aromatic N) is 3. The maximum atomic E-state index is 13.3. The highest BCUT2D eigenvalue weighted by Gasteiger charge is 2.32. The zero-order valence-corrected chi connectivity index (χ0v) is 15.8. The molecule has 0 amide bonds. The Kier molecular flexibility index (Phi) is 6.71. The molecule has 7 nitrogen and oxygen atoms in total. The molecule has 0 aliphatic rings. The molecule has 3 aromatic rings. The Balaban J connectivity index is 1.81. The molecule has 142 valence electrons. The van der Waals surface area contributed by atoms with E-state index in [9.17, 15) is 4.57 Å². The van der Waals surface area contributed by atoms with E-state index >= 15 is 0 Å². The van der Waals surface area contributed by atoms with Gasteiger partial charge in [-0.1, -0.05) is 71.8 Å². The van der Waals surface area contributed by atoms with Crippen molar-refractivity contribution in [2.45, 2.75) is 6.04 Å². The number of rotatable bonds is 9. The van der Waals surface area contributed by atoms with E-state index in [0.717, 1.165) is 5.56 Å². The van der Waals surface area contributed by atoms with Gasteiger partial charge in [-0.15, -0.1) is 0 Å². The summed E-state index contributed by atoms with van der Waals surface area (Å²) in [6, 6.07) is 25.6. The van der Waals surface area contributed by atoms with Crippen molar-refractivity contribution < 1.29 is 18.1 Å². The fourth-order valence-corrected chi connectivity index (χ4v) is 3.61. The maximum absolute atomic E-state index is 13.3. The molecular weight excluding hydrogens is 377 g/mol. The zero-order chi connectivity index (χ0) is 19.7. The van der Waals surface area contributed by atoms with Crippen LogP contribution in [0.15, 0.2) is 96.1 Å². The molecule has 0 bridgehead atoms. The summed E-state index contributed by atoms with van der Waals surface area (Å²) in [6.45, 7) is -0.176. The summed E-state index contributed by atoms with van der Waals surface area (Å²) in [5, 5.41) is 3.73. The average molecular weight is 395 g/mol. The lowest BCUT2D eigenvalue weighted by Gasteiger charge is -2.21. The summed E-state index contributed by atoms with van der Waals surface area (Å²) in [5.74, 6) is 0.670. The van der Waals surface area contributed by atoms with Crippen LogP contribution in [0, 0.1) is 0 Å². The fraction of sp³-hybridized carbons (Fsp3) is 0.100. The molecule has 0 aromatic heterocycles. The molecule has 8 heteroatoms. The van der Waals surface area contributed by atoms with Crippen LogP contribution in [0.2, 0.25) is 0 Å². The van der Waals surface area contributed by atoms with Gasteiger partial charge in [0, 0.05) is 4.91 Å². The summed E-state index contributed by atoms with van der Waals surface area (Å²) in [5.41, 5.74) is 9.60. The van der Waals surface area contributed by atoms with Crippen molar-refractivity contribution in [1.29, 1.82) is 0 Å². The van der Waals surface area contributed by atoms with E-state index in [-0.39, 0.29) is 6.61 Å². The highest BCUT2D eigenvalue weighted by Crippen LogP contribution is 2.50. The van der Waals surface area contributed by atoms with E-state index in [1.54, 1.807) is 60.7 Å². The number of benzene rings is 3. The highest BCUT2D eigenvalue weighted by molar-refractivity contribution is 7.49. The van der Waals surface area contributed by atoms with E-state index in [4.69, 9.17) is 19.1 Å². The van der Waals surface area contributed by atoms with Crippen LogP contribution in [0.1, 0.15) is 11.6 Å². The molecule has 0 radical (unpaired) electrons. The van der Waals surface area contributed by atoms with Gasteiger partial charge in [-0.25, -0.2) is 4.57 Å². The Labute approximate surface area is 162 Å². The minimum atomic E-state index is -4.04. The van der Waals surface area contributed by atoms with Crippen molar-refractivity contribution in [2.75, 3.05) is 6.61 Å². The predicted molar refractivity (Wildman–Crippen MR) is 106 cm³/mol. The first-order valence-electron chi connectivity index (χ1n) is 8.51. The Morgan fingerprint density at radius 1 is 0.821 bits per heavy atom. The molecule has 0 aliphatic heterocycles. The number of hydrogen-bond acceptors (Lipinski definition) is 5. The topological polar surface area (TPSA) is 93.5 Å². The molecule has 1 unspecified atom stereocenters. The summed E-state index contributed by atoms with van der Waals surface area (Å²) in [7, 11) is -4.04. The first kappa shape index (κ1) is 19.5. The van der Waals surface area contributed by atoms with E-state index < -0.39 is 13.9 Å². The van der Waals surface area contributed by atoms with E-state index in [1.165, 1.54) is 0 Å².